The third kappa shape index (κ3) is 4.25. The van der Waals surface area contributed by atoms with Gasteiger partial charge in [-0.15, -0.1) is 0 Å². The number of hydrogen-bond donors (Lipinski definition) is 1. The van der Waals surface area contributed by atoms with Crippen molar-refractivity contribution in [3.63, 3.8) is 0 Å². The quantitative estimate of drug-likeness (QED) is 0.886. The van der Waals surface area contributed by atoms with Crippen molar-refractivity contribution in [1.82, 2.24) is 14.5 Å². The molecular formula is C12H10ClF2N3O3S. The summed E-state index contributed by atoms with van der Waals surface area (Å²) in [7, 11) is -4.25. The number of nitrogens with one attached hydrogen (secondary N) is 1. The van der Waals surface area contributed by atoms with Gasteiger partial charge in [0.1, 0.15) is 23.9 Å². The molecule has 0 aliphatic heterocycles. The SMILES string of the molecule is O=C(Cn1cc(Cl)cn1)NS(=O)(=O)Cc1c(F)cccc1F. The van der Waals surface area contributed by atoms with E-state index < -0.39 is 45.4 Å². The Kier molecular flexibility index (Phi) is 4.77. The van der Waals surface area contributed by atoms with Crippen LogP contribution in [0.1, 0.15) is 5.56 Å². The molecule has 1 N–H and O–H groups in total. The van der Waals surface area contributed by atoms with Crippen LogP contribution in [0.25, 0.3) is 0 Å². The summed E-state index contributed by atoms with van der Waals surface area (Å²) >= 11 is 5.60. The van der Waals surface area contributed by atoms with E-state index in [1.54, 1.807) is 4.72 Å². The average Bonchev–Trinajstić information content (AvgIpc) is 2.78. The highest BCUT2D eigenvalue weighted by Crippen LogP contribution is 2.14. The van der Waals surface area contributed by atoms with Crippen molar-refractivity contribution >= 4 is 27.5 Å². The molecule has 0 unspecified atom stereocenters. The van der Waals surface area contributed by atoms with Crippen molar-refractivity contribution in [2.75, 3.05) is 0 Å². The number of carbonyl (C=O) groups excluding carboxylic acids is 1. The van der Waals surface area contributed by atoms with E-state index in [2.05, 4.69) is 5.10 Å². The second-order valence-corrected chi connectivity index (χ2v) is 6.50. The van der Waals surface area contributed by atoms with Crippen LogP contribution >= 0.6 is 11.6 Å². The van der Waals surface area contributed by atoms with E-state index in [0.29, 0.717) is 0 Å². The zero-order chi connectivity index (χ0) is 16.3. The molecule has 0 saturated heterocycles. The van der Waals surface area contributed by atoms with Crippen LogP contribution in [0.3, 0.4) is 0 Å². The average molecular weight is 350 g/mol. The van der Waals surface area contributed by atoms with Gasteiger partial charge in [0.05, 0.1) is 11.2 Å². The number of benzene rings is 1. The highest BCUT2D eigenvalue weighted by molar-refractivity contribution is 7.89. The first-order valence-corrected chi connectivity index (χ1v) is 7.94. The van der Waals surface area contributed by atoms with Gasteiger partial charge in [-0.05, 0) is 12.1 Å². The van der Waals surface area contributed by atoms with Crippen molar-refractivity contribution in [3.05, 3.63) is 52.8 Å². The molecule has 0 fully saturated rings. The van der Waals surface area contributed by atoms with Gasteiger partial charge >= 0.3 is 0 Å². The maximum Gasteiger partial charge on any atom is 0.255 e. The van der Waals surface area contributed by atoms with E-state index in [9.17, 15) is 22.0 Å². The lowest BCUT2D eigenvalue weighted by atomic mass is 10.2. The van der Waals surface area contributed by atoms with E-state index in [0.717, 1.165) is 22.9 Å². The number of carbonyl (C=O) groups is 1. The molecule has 0 aliphatic rings. The molecule has 6 nitrogen and oxygen atoms in total. The van der Waals surface area contributed by atoms with Crippen molar-refractivity contribution < 1.29 is 22.0 Å². The van der Waals surface area contributed by atoms with Crippen molar-refractivity contribution in [2.45, 2.75) is 12.3 Å². The number of hydrogen-bond acceptors (Lipinski definition) is 4. The van der Waals surface area contributed by atoms with Gasteiger partial charge < -0.3 is 0 Å². The Bertz CT molecular complexity index is 787. The topological polar surface area (TPSA) is 81.1 Å². The van der Waals surface area contributed by atoms with Crippen molar-refractivity contribution in [3.8, 4) is 0 Å². The fraction of sp³-hybridized carbons (Fsp3) is 0.167. The van der Waals surface area contributed by atoms with Crippen LogP contribution in [0.15, 0.2) is 30.6 Å². The van der Waals surface area contributed by atoms with Crippen LogP contribution in [-0.2, 0) is 27.1 Å². The van der Waals surface area contributed by atoms with Crippen LogP contribution in [0.5, 0.6) is 0 Å². The number of halogens is 3. The predicted octanol–water partition coefficient (Wildman–Crippen LogP) is 1.46. The summed E-state index contributed by atoms with van der Waals surface area (Å²) in [5.74, 6) is -3.90. The number of nitrogens with zero attached hydrogens (tertiary/aromatic N) is 2. The smallest absolute Gasteiger partial charge is 0.255 e. The summed E-state index contributed by atoms with van der Waals surface area (Å²) in [6.07, 6.45) is 2.60. The first-order valence-electron chi connectivity index (χ1n) is 5.91. The Labute approximate surface area is 129 Å². The monoisotopic (exact) mass is 349 g/mol. The standard InChI is InChI=1S/C12H10ClF2N3O3S/c13-8-4-16-18(5-8)6-12(19)17-22(20,21)7-9-10(14)2-1-3-11(9)15/h1-5H,6-7H2,(H,17,19). The molecule has 10 heteroatoms. The number of rotatable bonds is 5. The molecule has 1 amide bonds. The summed E-state index contributed by atoms with van der Waals surface area (Å²) in [5.41, 5.74) is -0.634. The summed E-state index contributed by atoms with van der Waals surface area (Å²) in [6.45, 7) is -0.397. The number of amides is 1. The van der Waals surface area contributed by atoms with Gasteiger partial charge in [-0.25, -0.2) is 17.2 Å². The molecule has 1 heterocycles. The van der Waals surface area contributed by atoms with Gasteiger partial charge in [0.25, 0.3) is 5.91 Å². The fourth-order valence-electron chi connectivity index (χ4n) is 1.67. The van der Waals surface area contributed by atoms with Gasteiger partial charge in [-0.1, -0.05) is 17.7 Å². The molecule has 1 aromatic carbocycles. The van der Waals surface area contributed by atoms with E-state index in [-0.39, 0.29) is 5.02 Å². The van der Waals surface area contributed by atoms with Gasteiger partial charge in [0.15, 0.2) is 0 Å². The lowest BCUT2D eigenvalue weighted by molar-refractivity contribution is -0.120. The van der Waals surface area contributed by atoms with E-state index in [4.69, 9.17) is 11.6 Å². The second kappa shape index (κ2) is 6.41. The van der Waals surface area contributed by atoms with E-state index in [1.807, 2.05) is 0 Å². The number of sulfonamides is 1. The lowest BCUT2D eigenvalue weighted by Crippen LogP contribution is -2.34. The molecular weight excluding hydrogens is 340 g/mol. The molecule has 2 rings (SSSR count). The van der Waals surface area contributed by atoms with Crippen LogP contribution < -0.4 is 4.72 Å². The van der Waals surface area contributed by atoms with Gasteiger partial charge in [0, 0.05) is 11.8 Å². The molecule has 0 atom stereocenters. The fourth-order valence-corrected chi connectivity index (χ4v) is 2.97. The third-order valence-electron chi connectivity index (χ3n) is 2.57. The number of aromatic nitrogens is 2. The first kappa shape index (κ1) is 16.4. The molecule has 0 spiro atoms. The molecule has 0 saturated carbocycles. The molecule has 0 bridgehead atoms. The maximum absolute atomic E-state index is 13.4. The normalized spacial score (nSPS) is 11.4. The van der Waals surface area contributed by atoms with Gasteiger partial charge in [-0.3, -0.25) is 14.2 Å². The molecule has 0 radical (unpaired) electrons. The van der Waals surface area contributed by atoms with Gasteiger partial charge in [-0.2, -0.15) is 5.10 Å². The second-order valence-electron chi connectivity index (χ2n) is 4.34. The Hall–Kier alpha value is -2.00. The van der Waals surface area contributed by atoms with Gasteiger partial charge in [0.2, 0.25) is 10.0 Å². The minimum atomic E-state index is -4.25. The molecule has 0 aliphatic carbocycles. The molecule has 22 heavy (non-hydrogen) atoms. The predicted molar refractivity (Wildman–Crippen MR) is 74.4 cm³/mol. The maximum atomic E-state index is 13.4. The zero-order valence-corrected chi connectivity index (χ0v) is 12.5. The Morgan fingerprint density at radius 2 is 1.95 bits per heavy atom. The molecule has 1 aromatic heterocycles. The lowest BCUT2D eigenvalue weighted by Gasteiger charge is -2.08. The first-order chi connectivity index (χ1) is 10.3. The van der Waals surface area contributed by atoms with E-state index >= 15 is 0 Å². The zero-order valence-electron chi connectivity index (χ0n) is 11.0. The minimum Gasteiger partial charge on any atom is -0.272 e. The summed E-state index contributed by atoms with van der Waals surface area (Å²) in [4.78, 5) is 11.6. The van der Waals surface area contributed by atoms with Crippen molar-refractivity contribution in [1.29, 1.82) is 0 Å². The van der Waals surface area contributed by atoms with Crippen LogP contribution in [-0.4, -0.2) is 24.1 Å². The summed E-state index contributed by atoms with van der Waals surface area (Å²) < 4.78 is 53.3. The Morgan fingerprint density at radius 3 is 2.50 bits per heavy atom. The largest absolute Gasteiger partial charge is 0.272 e. The molecule has 118 valence electrons. The highest BCUT2D eigenvalue weighted by Gasteiger charge is 2.20. The van der Waals surface area contributed by atoms with Crippen LogP contribution in [0.4, 0.5) is 8.78 Å². The van der Waals surface area contributed by atoms with E-state index in [1.165, 1.54) is 12.4 Å². The minimum absolute atomic E-state index is 0.282. The summed E-state index contributed by atoms with van der Waals surface area (Å²) in [5, 5.41) is 3.99. The van der Waals surface area contributed by atoms with Crippen molar-refractivity contribution in [2.24, 2.45) is 0 Å². The van der Waals surface area contributed by atoms with Crippen LogP contribution in [0.2, 0.25) is 5.02 Å². The summed E-state index contributed by atoms with van der Waals surface area (Å²) in [6, 6.07) is 2.98. The van der Waals surface area contributed by atoms with Crippen LogP contribution in [0, 0.1) is 11.6 Å². The molecule has 2 aromatic rings. The third-order valence-corrected chi connectivity index (χ3v) is 3.98. The Morgan fingerprint density at radius 1 is 1.32 bits per heavy atom. The highest BCUT2D eigenvalue weighted by atomic mass is 35.5. The Balaban J connectivity index is 2.06.